The number of nitrogen functional groups attached to an aromatic ring is 1. The van der Waals surface area contributed by atoms with Crippen LogP contribution in [0.2, 0.25) is 0 Å². The number of likely N-dealkylation sites (tertiary alicyclic amines) is 1. The van der Waals surface area contributed by atoms with Gasteiger partial charge in [0.2, 0.25) is 5.91 Å². The number of pyridine rings is 1. The number of amides is 2. The number of halogens is 1. The molecule has 2 amide bonds. The zero-order valence-corrected chi connectivity index (χ0v) is 26.1. The molecule has 3 aromatic heterocycles. The second kappa shape index (κ2) is 12.5. The van der Waals surface area contributed by atoms with Gasteiger partial charge in [-0.1, -0.05) is 26.0 Å². The molecule has 1 saturated heterocycles. The van der Waals surface area contributed by atoms with Gasteiger partial charge in [-0.25, -0.2) is 19.0 Å². The van der Waals surface area contributed by atoms with Crippen LogP contribution in [0.15, 0.2) is 65.7 Å². The van der Waals surface area contributed by atoms with E-state index in [2.05, 4.69) is 15.3 Å². The van der Waals surface area contributed by atoms with E-state index >= 15 is 0 Å². The van der Waals surface area contributed by atoms with Crippen molar-refractivity contribution in [1.82, 2.24) is 29.2 Å². The SMILES string of the molecule is Cc1cc(C(=O)Nc2ccc(-c3nn(C4CCN(C(=O)C(C)C)CC4)c4ncnc(N)c34)cc2)c(=O)n(-c2ccc(F)cc2)c1C#N. The van der Waals surface area contributed by atoms with Crippen molar-refractivity contribution in [3.63, 3.8) is 0 Å². The number of aromatic nitrogens is 5. The van der Waals surface area contributed by atoms with E-state index in [-0.39, 0.29) is 40.6 Å². The predicted octanol–water partition coefficient (Wildman–Crippen LogP) is 4.62. The van der Waals surface area contributed by atoms with E-state index in [1.165, 1.54) is 36.7 Å². The van der Waals surface area contributed by atoms with Crippen molar-refractivity contribution >= 4 is 34.4 Å². The van der Waals surface area contributed by atoms with Crippen molar-refractivity contribution < 1.29 is 14.0 Å². The van der Waals surface area contributed by atoms with Crippen LogP contribution >= 0.6 is 0 Å². The molecule has 0 bridgehead atoms. The molecule has 12 nitrogen and oxygen atoms in total. The van der Waals surface area contributed by atoms with Crippen LogP contribution in [0, 0.1) is 30.0 Å². The molecule has 3 N–H and O–H groups in total. The minimum Gasteiger partial charge on any atom is -0.383 e. The molecular formula is C34H32FN9O3. The third kappa shape index (κ3) is 5.81. The molecule has 0 radical (unpaired) electrons. The summed E-state index contributed by atoms with van der Waals surface area (Å²) >= 11 is 0. The average molecular weight is 634 g/mol. The Morgan fingerprint density at radius 3 is 2.38 bits per heavy atom. The number of carbonyl (C=O) groups is 2. The summed E-state index contributed by atoms with van der Waals surface area (Å²) in [5.41, 5.74) is 8.48. The van der Waals surface area contributed by atoms with Gasteiger partial charge in [-0.05, 0) is 67.8 Å². The molecule has 0 atom stereocenters. The number of fused-ring (bicyclic) bond motifs is 1. The Hall–Kier alpha value is -5.90. The summed E-state index contributed by atoms with van der Waals surface area (Å²) in [7, 11) is 0. The maximum Gasteiger partial charge on any atom is 0.269 e. The maximum atomic E-state index is 13.5. The number of hydrogen-bond donors (Lipinski definition) is 2. The molecule has 4 heterocycles. The van der Waals surface area contributed by atoms with Crippen molar-refractivity contribution in [2.75, 3.05) is 24.1 Å². The second-order valence-electron chi connectivity index (χ2n) is 11.8. The molecule has 47 heavy (non-hydrogen) atoms. The Kier molecular flexibility index (Phi) is 8.25. The zero-order valence-electron chi connectivity index (χ0n) is 26.1. The van der Waals surface area contributed by atoms with E-state index in [1.54, 1.807) is 31.2 Å². The van der Waals surface area contributed by atoms with Crippen LogP contribution in [-0.2, 0) is 4.79 Å². The van der Waals surface area contributed by atoms with E-state index in [1.807, 2.05) is 29.5 Å². The third-order valence-corrected chi connectivity index (χ3v) is 8.38. The molecule has 1 fully saturated rings. The highest BCUT2D eigenvalue weighted by atomic mass is 19.1. The van der Waals surface area contributed by atoms with Gasteiger partial charge in [0.1, 0.15) is 41.0 Å². The van der Waals surface area contributed by atoms with Crippen molar-refractivity contribution in [3.05, 3.63) is 93.9 Å². The zero-order chi connectivity index (χ0) is 33.4. The number of nitrogens with two attached hydrogens (primary N) is 1. The number of nitrogens with one attached hydrogen (secondary N) is 1. The monoisotopic (exact) mass is 633 g/mol. The molecule has 6 rings (SSSR count). The Labute approximate surface area is 269 Å². The number of aryl methyl sites for hydroxylation is 1. The summed E-state index contributed by atoms with van der Waals surface area (Å²) in [6, 6.07) is 15.4. The average Bonchev–Trinajstić information content (AvgIpc) is 3.47. The number of piperidine rings is 1. The predicted molar refractivity (Wildman–Crippen MR) is 174 cm³/mol. The lowest BCUT2D eigenvalue weighted by molar-refractivity contribution is -0.135. The molecule has 0 spiro atoms. The van der Waals surface area contributed by atoms with Crippen LogP contribution in [0.1, 0.15) is 54.3 Å². The molecule has 0 unspecified atom stereocenters. The van der Waals surface area contributed by atoms with Crippen molar-refractivity contribution in [1.29, 1.82) is 5.26 Å². The lowest BCUT2D eigenvalue weighted by Crippen LogP contribution is -2.41. The molecule has 5 aromatic rings. The molecule has 13 heteroatoms. The fourth-order valence-corrected chi connectivity index (χ4v) is 5.94. The smallest absolute Gasteiger partial charge is 0.269 e. The molecule has 2 aromatic carbocycles. The second-order valence-corrected chi connectivity index (χ2v) is 11.8. The van der Waals surface area contributed by atoms with Crippen molar-refractivity contribution in [2.45, 2.75) is 39.7 Å². The normalized spacial score (nSPS) is 13.6. The summed E-state index contributed by atoms with van der Waals surface area (Å²) in [5.74, 6) is -0.793. The van der Waals surface area contributed by atoms with Gasteiger partial charge in [0, 0.05) is 30.3 Å². The number of rotatable bonds is 6. The number of benzene rings is 2. The highest BCUT2D eigenvalue weighted by Gasteiger charge is 2.29. The highest BCUT2D eigenvalue weighted by Crippen LogP contribution is 2.34. The van der Waals surface area contributed by atoms with E-state index in [0.717, 1.165) is 17.4 Å². The first-order valence-corrected chi connectivity index (χ1v) is 15.2. The summed E-state index contributed by atoms with van der Waals surface area (Å²) in [4.78, 5) is 49.9. The number of nitrogens with zero attached hydrogens (tertiary/aromatic N) is 7. The fraction of sp³-hybridized carbons (Fsp3) is 0.265. The highest BCUT2D eigenvalue weighted by molar-refractivity contribution is 6.04. The van der Waals surface area contributed by atoms with E-state index in [0.29, 0.717) is 46.6 Å². The van der Waals surface area contributed by atoms with Gasteiger partial charge in [-0.3, -0.25) is 19.0 Å². The summed E-state index contributed by atoms with van der Waals surface area (Å²) in [5, 5.41) is 18.0. The Balaban J connectivity index is 1.27. The third-order valence-electron chi connectivity index (χ3n) is 8.38. The Morgan fingerprint density at radius 1 is 1.06 bits per heavy atom. The van der Waals surface area contributed by atoms with Crippen LogP contribution in [0.3, 0.4) is 0 Å². The standard InChI is InChI=1S/C34H32FN9O3/c1-19(2)33(46)42-14-12-25(13-15-42)44-31-28(30(37)38-18-39-31)29(41-44)21-4-8-23(9-5-21)40-32(45)26-16-20(3)27(17-36)43(34(26)47)24-10-6-22(35)7-11-24/h4-11,16,18-19,25H,12-15H2,1-3H3,(H,40,45)(H2,37,38,39). The lowest BCUT2D eigenvalue weighted by atomic mass is 10.0. The fourth-order valence-electron chi connectivity index (χ4n) is 5.94. The summed E-state index contributed by atoms with van der Waals surface area (Å²) < 4.78 is 16.5. The first kappa shape index (κ1) is 31.1. The first-order valence-electron chi connectivity index (χ1n) is 15.2. The number of anilines is 2. The van der Waals surface area contributed by atoms with E-state index in [9.17, 15) is 24.0 Å². The van der Waals surface area contributed by atoms with Gasteiger partial charge >= 0.3 is 0 Å². The quantitative estimate of drug-likeness (QED) is 0.274. The van der Waals surface area contributed by atoms with Crippen LogP contribution in [-0.4, -0.2) is 54.1 Å². The van der Waals surface area contributed by atoms with Gasteiger partial charge in [0.05, 0.1) is 17.1 Å². The van der Waals surface area contributed by atoms with E-state index < -0.39 is 17.3 Å². The van der Waals surface area contributed by atoms with Crippen LogP contribution in [0.25, 0.3) is 28.0 Å². The summed E-state index contributed by atoms with van der Waals surface area (Å²) in [6.45, 7) is 6.68. The van der Waals surface area contributed by atoms with Gasteiger partial charge in [-0.15, -0.1) is 0 Å². The Morgan fingerprint density at radius 2 is 1.74 bits per heavy atom. The largest absolute Gasteiger partial charge is 0.383 e. The Bertz CT molecular complexity index is 2100. The molecule has 1 aliphatic rings. The molecule has 238 valence electrons. The molecule has 0 aliphatic carbocycles. The number of hydrogen-bond acceptors (Lipinski definition) is 8. The molecule has 1 aliphatic heterocycles. The van der Waals surface area contributed by atoms with Crippen LogP contribution < -0.4 is 16.6 Å². The van der Waals surface area contributed by atoms with Crippen molar-refractivity contribution in [3.8, 4) is 23.0 Å². The van der Waals surface area contributed by atoms with Gasteiger partial charge in [-0.2, -0.15) is 10.4 Å². The lowest BCUT2D eigenvalue weighted by Gasteiger charge is -2.33. The van der Waals surface area contributed by atoms with Crippen LogP contribution in [0.4, 0.5) is 15.9 Å². The van der Waals surface area contributed by atoms with Gasteiger partial charge in [0.15, 0.2) is 5.65 Å². The molecular weight excluding hydrogens is 601 g/mol. The topological polar surface area (TPSA) is 165 Å². The van der Waals surface area contributed by atoms with Gasteiger partial charge < -0.3 is 16.0 Å². The summed E-state index contributed by atoms with van der Waals surface area (Å²) in [6.07, 6.45) is 2.85. The minimum absolute atomic E-state index is 0.0187. The maximum absolute atomic E-state index is 13.5. The number of carbonyl (C=O) groups excluding carboxylic acids is 2. The van der Waals surface area contributed by atoms with Crippen LogP contribution in [0.5, 0.6) is 0 Å². The number of nitriles is 1. The minimum atomic E-state index is -0.709. The first-order chi connectivity index (χ1) is 22.6. The van der Waals surface area contributed by atoms with Crippen molar-refractivity contribution in [2.24, 2.45) is 5.92 Å². The molecule has 0 saturated carbocycles. The van der Waals surface area contributed by atoms with Gasteiger partial charge in [0.25, 0.3) is 11.5 Å². The van der Waals surface area contributed by atoms with E-state index in [4.69, 9.17) is 10.8 Å².